The number of hydrogen-bond donors (Lipinski definition) is 2. The highest BCUT2D eigenvalue weighted by molar-refractivity contribution is 6.31. The molecule has 0 heterocycles. The Morgan fingerprint density at radius 2 is 1.80 bits per heavy atom. The summed E-state index contributed by atoms with van der Waals surface area (Å²) in [6, 6.07) is 7.91. The van der Waals surface area contributed by atoms with Crippen LogP contribution in [-0.2, 0) is 4.79 Å². The smallest absolute Gasteiger partial charge is 0.240 e. The van der Waals surface area contributed by atoms with Gasteiger partial charge in [-0.25, -0.2) is 0 Å². The standard InChI is InChI=1S/C18H28ClN3O.2ClH/c1-3-22(4-2)16(14-9-5-6-10-15(14)19)13-21-17(23)18(20)11-7-8-12-18;;/h5-6,9-10,16H,3-4,7-8,11-13,20H2,1-2H3,(H,21,23);2*1H. The minimum atomic E-state index is -0.686. The van der Waals surface area contributed by atoms with E-state index in [0.29, 0.717) is 6.54 Å². The zero-order valence-corrected chi connectivity index (χ0v) is 17.4. The predicted molar refractivity (Wildman–Crippen MR) is 110 cm³/mol. The molecule has 144 valence electrons. The van der Waals surface area contributed by atoms with Gasteiger partial charge in [-0.1, -0.05) is 56.5 Å². The minimum absolute atomic E-state index is 0. The van der Waals surface area contributed by atoms with E-state index in [1.165, 1.54) is 0 Å². The van der Waals surface area contributed by atoms with Crippen LogP contribution in [0.1, 0.15) is 51.1 Å². The molecular weight excluding hydrogens is 381 g/mol. The third-order valence-corrected chi connectivity index (χ3v) is 5.27. The number of nitrogens with zero attached hydrogens (tertiary/aromatic N) is 1. The Bertz CT molecular complexity index is 532. The van der Waals surface area contributed by atoms with Gasteiger partial charge in [0.05, 0.1) is 11.6 Å². The Kier molecular flexibility index (Phi) is 11.0. The molecule has 7 heteroatoms. The SMILES string of the molecule is CCN(CC)C(CNC(=O)C1(N)CCCC1)c1ccccc1Cl.Cl.Cl. The summed E-state index contributed by atoms with van der Waals surface area (Å²) in [6.45, 7) is 6.57. The fraction of sp³-hybridized carbons (Fsp3) is 0.611. The van der Waals surface area contributed by atoms with Crippen LogP contribution in [-0.4, -0.2) is 36.0 Å². The van der Waals surface area contributed by atoms with Crippen molar-refractivity contribution in [2.24, 2.45) is 5.73 Å². The van der Waals surface area contributed by atoms with Crippen molar-refractivity contribution in [3.05, 3.63) is 34.9 Å². The van der Waals surface area contributed by atoms with Crippen LogP contribution in [0, 0.1) is 0 Å². The molecule has 0 spiro atoms. The summed E-state index contributed by atoms with van der Waals surface area (Å²) in [5.74, 6) is -0.0285. The first-order valence-corrected chi connectivity index (χ1v) is 8.95. The van der Waals surface area contributed by atoms with Crippen molar-refractivity contribution in [2.45, 2.75) is 51.1 Å². The van der Waals surface area contributed by atoms with Gasteiger partial charge in [0, 0.05) is 11.6 Å². The van der Waals surface area contributed by atoms with Gasteiger partial charge in [0.2, 0.25) is 5.91 Å². The van der Waals surface area contributed by atoms with Gasteiger partial charge in [-0.3, -0.25) is 9.69 Å². The van der Waals surface area contributed by atoms with Crippen molar-refractivity contribution >= 4 is 42.3 Å². The molecule has 1 aliphatic carbocycles. The lowest BCUT2D eigenvalue weighted by molar-refractivity contribution is -0.126. The van der Waals surface area contributed by atoms with Gasteiger partial charge in [-0.2, -0.15) is 0 Å². The summed E-state index contributed by atoms with van der Waals surface area (Å²) in [5, 5.41) is 3.81. The number of carbonyl (C=O) groups is 1. The topological polar surface area (TPSA) is 58.4 Å². The van der Waals surface area contributed by atoms with Crippen LogP contribution in [0.3, 0.4) is 0 Å². The second kappa shape index (κ2) is 11.2. The molecule has 1 aromatic carbocycles. The first kappa shape index (κ1) is 24.5. The molecule has 2 rings (SSSR count). The Hall–Kier alpha value is -0.520. The van der Waals surface area contributed by atoms with Gasteiger partial charge >= 0.3 is 0 Å². The lowest BCUT2D eigenvalue weighted by Crippen LogP contribution is -2.53. The molecule has 1 aromatic rings. The second-order valence-electron chi connectivity index (χ2n) is 6.33. The molecule has 1 atom stereocenters. The number of hydrogen-bond acceptors (Lipinski definition) is 3. The zero-order chi connectivity index (χ0) is 16.9. The van der Waals surface area contributed by atoms with E-state index < -0.39 is 5.54 Å². The van der Waals surface area contributed by atoms with Gasteiger partial charge in [0.1, 0.15) is 0 Å². The van der Waals surface area contributed by atoms with E-state index in [0.717, 1.165) is 49.4 Å². The van der Waals surface area contributed by atoms with Crippen LogP contribution in [0.5, 0.6) is 0 Å². The molecule has 1 unspecified atom stereocenters. The van der Waals surface area contributed by atoms with Gasteiger partial charge in [-0.15, -0.1) is 24.8 Å². The molecule has 1 saturated carbocycles. The van der Waals surface area contributed by atoms with E-state index >= 15 is 0 Å². The lowest BCUT2D eigenvalue weighted by Gasteiger charge is -2.32. The summed E-state index contributed by atoms with van der Waals surface area (Å²) in [5.41, 5.74) is 6.61. The lowest BCUT2D eigenvalue weighted by atomic mass is 9.97. The summed E-state index contributed by atoms with van der Waals surface area (Å²) >= 11 is 6.38. The van der Waals surface area contributed by atoms with E-state index in [2.05, 4.69) is 24.1 Å². The number of benzene rings is 1. The number of nitrogens with two attached hydrogens (primary N) is 1. The van der Waals surface area contributed by atoms with Crippen LogP contribution in [0.15, 0.2) is 24.3 Å². The molecular formula is C18H30Cl3N3O. The third kappa shape index (κ3) is 6.00. The Morgan fingerprint density at radius 1 is 1.24 bits per heavy atom. The fourth-order valence-corrected chi connectivity index (χ4v) is 3.71. The number of nitrogens with one attached hydrogen (secondary N) is 1. The highest BCUT2D eigenvalue weighted by Gasteiger charge is 2.37. The largest absolute Gasteiger partial charge is 0.353 e. The number of halogens is 3. The average Bonchev–Trinajstić information content (AvgIpc) is 3.00. The van der Waals surface area contributed by atoms with Crippen molar-refractivity contribution in [3.8, 4) is 0 Å². The first-order valence-electron chi connectivity index (χ1n) is 8.57. The zero-order valence-electron chi connectivity index (χ0n) is 15.0. The molecule has 1 amide bonds. The van der Waals surface area contributed by atoms with Crippen molar-refractivity contribution in [1.82, 2.24) is 10.2 Å². The van der Waals surface area contributed by atoms with Crippen LogP contribution in [0.25, 0.3) is 0 Å². The maximum absolute atomic E-state index is 12.5. The van der Waals surface area contributed by atoms with Gasteiger partial charge in [0.25, 0.3) is 0 Å². The number of likely N-dealkylation sites (N-methyl/N-ethyl adjacent to an activating group) is 1. The van der Waals surface area contributed by atoms with Crippen molar-refractivity contribution < 1.29 is 4.79 Å². The van der Waals surface area contributed by atoms with E-state index in [4.69, 9.17) is 17.3 Å². The Morgan fingerprint density at radius 3 is 2.32 bits per heavy atom. The van der Waals surface area contributed by atoms with Gasteiger partial charge < -0.3 is 11.1 Å². The molecule has 25 heavy (non-hydrogen) atoms. The quantitative estimate of drug-likeness (QED) is 0.715. The molecule has 0 aliphatic heterocycles. The van der Waals surface area contributed by atoms with Crippen molar-refractivity contribution in [1.29, 1.82) is 0 Å². The molecule has 0 saturated heterocycles. The molecule has 0 bridgehead atoms. The number of rotatable bonds is 7. The van der Waals surface area contributed by atoms with Crippen molar-refractivity contribution in [2.75, 3.05) is 19.6 Å². The van der Waals surface area contributed by atoms with Crippen LogP contribution < -0.4 is 11.1 Å². The van der Waals surface area contributed by atoms with Gasteiger partial charge in [0.15, 0.2) is 0 Å². The first-order chi connectivity index (χ1) is 11.0. The van der Waals surface area contributed by atoms with Crippen LogP contribution >= 0.6 is 36.4 Å². The fourth-order valence-electron chi connectivity index (χ4n) is 3.44. The predicted octanol–water partition coefficient (Wildman–Crippen LogP) is 3.95. The molecule has 4 nitrogen and oxygen atoms in total. The Balaban J connectivity index is 0.00000288. The van der Waals surface area contributed by atoms with Crippen molar-refractivity contribution in [3.63, 3.8) is 0 Å². The number of amides is 1. The highest BCUT2D eigenvalue weighted by atomic mass is 35.5. The average molecular weight is 411 g/mol. The van der Waals surface area contributed by atoms with Crippen LogP contribution in [0.4, 0.5) is 0 Å². The van der Waals surface area contributed by atoms with E-state index in [1.54, 1.807) is 0 Å². The second-order valence-corrected chi connectivity index (χ2v) is 6.74. The summed E-state index contributed by atoms with van der Waals surface area (Å²) in [7, 11) is 0. The van der Waals surface area contributed by atoms with Crippen LogP contribution in [0.2, 0.25) is 5.02 Å². The summed E-state index contributed by atoms with van der Waals surface area (Å²) in [4.78, 5) is 14.8. The molecule has 0 radical (unpaired) electrons. The monoisotopic (exact) mass is 409 g/mol. The molecule has 0 aromatic heterocycles. The summed E-state index contributed by atoms with van der Waals surface area (Å²) < 4.78 is 0. The maximum Gasteiger partial charge on any atom is 0.240 e. The molecule has 1 fully saturated rings. The van der Waals surface area contributed by atoms with E-state index in [9.17, 15) is 4.79 Å². The molecule has 3 N–H and O–H groups in total. The Labute approximate surface area is 168 Å². The van der Waals surface area contributed by atoms with Gasteiger partial charge in [-0.05, 0) is 37.6 Å². The maximum atomic E-state index is 12.5. The third-order valence-electron chi connectivity index (χ3n) is 4.92. The highest BCUT2D eigenvalue weighted by Crippen LogP contribution is 2.29. The normalized spacial score (nSPS) is 16.7. The molecule has 1 aliphatic rings. The summed E-state index contributed by atoms with van der Waals surface area (Å²) in [6.07, 6.45) is 3.63. The number of carbonyl (C=O) groups excluding carboxylic acids is 1. The minimum Gasteiger partial charge on any atom is -0.353 e. The van der Waals surface area contributed by atoms with E-state index in [-0.39, 0.29) is 36.8 Å². The van der Waals surface area contributed by atoms with E-state index in [1.807, 2.05) is 24.3 Å².